The quantitative estimate of drug-likeness (QED) is 0.181. The lowest BCUT2D eigenvalue weighted by atomic mass is 9.78. The molecule has 2 saturated carbocycles. The van der Waals surface area contributed by atoms with Crippen molar-refractivity contribution in [2.75, 3.05) is 13.1 Å². The van der Waals surface area contributed by atoms with Crippen LogP contribution in [0.5, 0.6) is 0 Å². The zero-order chi connectivity index (χ0) is 37.6. The molecule has 3 aromatic carbocycles. The van der Waals surface area contributed by atoms with Gasteiger partial charge >= 0.3 is 0 Å². The predicted octanol–water partition coefficient (Wildman–Crippen LogP) is 11.1. The van der Waals surface area contributed by atoms with Gasteiger partial charge in [0, 0.05) is 36.3 Å². The van der Waals surface area contributed by atoms with Crippen molar-refractivity contribution in [3.8, 4) is 33.6 Å². The van der Waals surface area contributed by atoms with Crippen LogP contribution in [-0.2, 0) is 0 Å². The molecule has 55 heavy (non-hydrogen) atoms. The molecule has 282 valence electrons. The summed E-state index contributed by atoms with van der Waals surface area (Å²) in [6.07, 6.45) is 14.8. The molecule has 4 heterocycles. The Morgan fingerprint density at radius 1 is 0.455 bits per heavy atom. The Labute approximate surface area is 327 Å². The van der Waals surface area contributed by atoms with Crippen LogP contribution in [0.25, 0.3) is 33.6 Å². The Balaban J connectivity index is 0.000000158. The van der Waals surface area contributed by atoms with Crippen molar-refractivity contribution in [2.45, 2.75) is 96.1 Å². The van der Waals surface area contributed by atoms with E-state index < -0.39 is 0 Å². The largest absolute Gasteiger partial charge is 0.334 e. The highest BCUT2D eigenvalue weighted by Crippen LogP contribution is 2.37. The summed E-state index contributed by atoms with van der Waals surface area (Å²) in [7, 11) is 0. The molecular weight excluding hydrogens is 677 g/mol. The number of likely N-dealkylation sites (tertiary alicyclic amines) is 2. The minimum atomic E-state index is 0.106. The Morgan fingerprint density at radius 2 is 0.873 bits per heavy atom. The number of fused-ring (bicyclic) bond motifs is 2. The first kappa shape index (κ1) is 36.9. The number of aromatic nitrogens is 2. The van der Waals surface area contributed by atoms with Crippen molar-refractivity contribution in [2.24, 2.45) is 11.8 Å². The lowest BCUT2D eigenvalue weighted by Gasteiger charge is -2.44. The van der Waals surface area contributed by atoms with Crippen LogP contribution in [0.4, 0.5) is 0 Å². The number of nitrogens with zero attached hydrogens (tertiary/aromatic N) is 4. The van der Waals surface area contributed by atoms with Crippen molar-refractivity contribution in [3.63, 3.8) is 0 Å². The summed E-state index contributed by atoms with van der Waals surface area (Å²) in [5, 5.41) is 0. The number of benzene rings is 3. The van der Waals surface area contributed by atoms with Crippen LogP contribution in [0.1, 0.15) is 104 Å². The molecule has 2 aromatic heterocycles. The highest BCUT2D eigenvalue weighted by Gasteiger charge is 2.37. The maximum absolute atomic E-state index is 13.3. The van der Waals surface area contributed by atoms with E-state index in [0.717, 1.165) is 61.3 Å². The van der Waals surface area contributed by atoms with Crippen molar-refractivity contribution >= 4 is 11.8 Å². The summed E-state index contributed by atoms with van der Waals surface area (Å²) in [6, 6.07) is 39.6. The van der Waals surface area contributed by atoms with E-state index >= 15 is 0 Å². The molecule has 0 N–H and O–H groups in total. The number of carbonyl (C=O) groups excluding carboxylic acids is 2. The van der Waals surface area contributed by atoms with Crippen LogP contribution in [0, 0.1) is 18.8 Å². The van der Waals surface area contributed by atoms with Gasteiger partial charge in [0.1, 0.15) is 11.4 Å². The Hall–Kier alpha value is -5.10. The zero-order valence-corrected chi connectivity index (χ0v) is 32.3. The molecule has 4 fully saturated rings. The third-order valence-electron chi connectivity index (χ3n) is 12.6. The number of hydrogen-bond acceptors (Lipinski definition) is 4. The van der Waals surface area contributed by atoms with E-state index in [-0.39, 0.29) is 11.8 Å². The highest BCUT2D eigenvalue weighted by molar-refractivity contribution is 5.94. The average Bonchev–Trinajstić information content (AvgIpc) is 3.26. The van der Waals surface area contributed by atoms with Gasteiger partial charge in [-0.2, -0.15) is 0 Å². The highest BCUT2D eigenvalue weighted by atomic mass is 16.2. The van der Waals surface area contributed by atoms with Gasteiger partial charge in [0.25, 0.3) is 11.8 Å². The lowest BCUT2D eigenvalue weighted by Crippen LogP contribution is -2.49. The maximum atomic E-state index is 13.3. The first-order valence-corrected chi connectivity index (χ1v) is 20.8. The second-order valence-electron chi connectivity index (χ2n) is 16.1. The lowest BCUT2D eigenvalue weighted by molar-refractivity contribution is 0.0380. The van der Waals surface area contributed by atoms with Crippen molar-refractivity contribution in [1.82, 2.24) is 19.8 Å². The number of amides is 2. The molecular formula is C49H54N4O2. The number of piperidine rings is 2. The van der Waals surface area contributed by atoms with E-state index in [1.165, 1.54) is 68.1 Å². The fourth-order valence-electron chi connectivity index (χ4n) is 9.67. The van der Waals surface area contributed by atoms with E-state index in [1.807, 2.05) is 42.5 Å². The van der Waals surface area contributed by atoms with E-state index in [0.29, 0.717) is 35.3 Å². The van der Waals surface area contributed by atoms with Gasteiger partial charge in [-0.25, -0.2) is 9.97 Å². The van der Waals surface area contributed by atoms with Crippen LogP contribution >= 0.6 is 0 Å². The number of rotatable bonds is 5. The van der Waals surface area contributed by atoms with Crippen LogP contribution in [0.3, 0.4) is 0 Å². The molecule has 4 aliphatic rings. The standard InChI is InChI=1S/C27H28N2O.C22H26N2O/c30-27(29-19-7-11-23-10-4-5-14-26(23)29)25-13-6-12-24(28-25)22-17-15-21(16-18-22)20-8-2-1-3-9-20;1-16-11-13-17(14-12-16)19-8-4-9-20(23-19)22(25)24-15-5-7-18-6-2-3-10-21(18)24/h1-3,6,8-9,12-13,15-18,23,26H,4-5,7,10-11,14,19H2;4,8-9,11-14,18,21H,2-3,5-7,10,15H2,1H3. The molecule has 2 saturated heterocycles. The van der Waals surface area contributed by atoms with E-state index in [2.05, 4.69) is 89.5 Å². The molecule has 2 aliphatic heterocycles. The van der Waals surface area contributed by atoms with Crippen molar-refractivity contribution < 1.29 is 9.59 Å². The van der Waals surface area contributed by atoms with Gasteiger partial charge in [0.2, 0.25) is 0 Å². The van der Waals surface area contributed by atoms with E-state index in [9.17, 15) is 9.59 Å². The van der Waals surface area contributed by atoms with Crippen LogP contribution in [0.2, 0.25) is 0 Å². The van der Waals surface area contributed by atoms with Gasteiger partial charge in [0.15, 0.2) is 0 Å². The molecule has 6 nitrogen and oxygen atoms in total. The first-order valence-electron chi connectivity index (χ1n) is 20.8. The minimum Gasteiger partial charge on any atom is -0.334 e. The fourth-order valence-corrected chi connectivity index (χ4v) is 9.67. The summed E-state index contributed by atoms with van der Waals surface area (Å²) in [5.74, 6) is 1.61. The molecule has 0 radical (unpaired) electrons. The Kier molecular flexibility index (Phi) is 11.5. The molecule has 6 heteroatoms. The van der Waals surface area contributed by atoms with Gasteiger partial charge in [0.05, 0.1) is 11.4 Å². The van der Waals surface area contributed by atoms with Crippen molar-refractivity contribution in [1.29, 1.82) is 0 Å². The minimum absolute atomic E-state index is 0.106. The first-order chi connectivity index (χ1) is 27.0. The molecule has 4 atom stereocenters. The fraction of sp³-hybridized carbons (Fsp3) is 0.388. The van der Waals surface area contributed by atoms with Crippen LogP contribution < -0.4 is 0 Å². The Bertz CT molecular complexity index is 2060. The van der Waals surface area contributed by atoms with E-state index in [1.54, 1.807) is 0 Å². The summed E-state index contributed by atoms with van der Waals surface area (Å²) < 4.78 is 0. The third-order valence-corrected chi connectivity index (χ3v) is 12.6. The number of hydrogen-bond donors (Lipinski definition) is 0. The molecule has 4 unspecified atom stereocenters. The SMILES string of the molecule is Cc1ccc(-c2cccc(C(=O)N3CCCC4CCCCC43)n2)cc1.O=C(c1cccc(-c2ccc(-c3ccccc3)cc2)n1)N1CCCC2CCCCC21. The molecule has 0 bridgehead atoms. The molecule has 2 amide bonds. The maximum Gasteiger partial charge on any atom is 0.272 e. The predicted molar refractivity (Wildman–Crippen MR) is 222 cm³/mol. The molecule has 5 aromatic rings. The topological polar surface area (TPSA) is 66.4 Å². The number of carbonyl (C=O) groups is 2. The van der Waals surface area contributed by atoms with Gasteiger partial charge < -0.3 is 9.80 Å². The number of aryl methyl sites for hydroxylation is 1. The normalized spacial score (nSPS) is 22.1. The summed E-state index contributed by atoms with van der Waals surface area (Å²) in [4.78, 5) is 40.2. The molecule has 9 rings (SSSR count). The summed E-state index contributed by atoms with van der Waals surface area (Å²) in [5.41, 5.74) is 8.62. The third kappa shape index (κ3) is 8.44. The second-order valence-corrected chi connectivity index (χ2v) is 16.1. The number of pyridine rings is 2. The molecule has 0 spiro atoms. The van der Waals surface area contributed by atoms with Gasteiger partial charge in [-0.15, -0.1) is 0 Å². The smallest absolute Gasteiger partial charge is 0.272 e. The zero-order valence-electron chi connectivity index (χ0n) is 32.3. The summed E-state index contributed by atoms with van der Waals surface area (Å²) >= 11 is 0. The summed E-state index contributed by atoms with van der Waals surface area (Å²) in [6.45, 7) is 3.84. The van der Waals surface area contributed by atoms with Crippen LogP contribution in [0.15, 0.2) is 115 Å². The molecule has 2 aliphatic carbocycles. The van der Waals surface area contributed by atoms with Gasteiger partial charge in [-0.05, 0) is 106 Å². The van der Waals surface area contributed by atoms with Crippen molar-refractivity contribution in [3.05, 3.63) is 132 Å². The average molecular weight is 731 g/mol. The monoisotopic (exact) mass is 730 g/mol. The van der Waals surface area contributed by atoms with Gasteiger partial charge in [-0.1, -0.05) is 122 Å². The second kappa shape index (κ2) is 17.1. The van der Waals surface area contributed by atoms with Gasteiger partial charge in [-0.3, -0.25) is 9.59 Å². The van der Waals surface area contributed by atoms with Crippen LogP contribution in [-0.4, -0.2) is 56.8 Å². The Morgan fingerprint density at radius 3 is 1.38 bits per heavy atom. The van der Waals surface area contributed by atoms with E-state index in [4.69, 9.17) is 9.97 Å².